The number of hydrogen-bond acceptors (Lipinski definition) is 3. The lowest BCUT2D eigenvalue weighted by atomic mass is 10.1. The number of benzene rings is 2. The topological polar surface area (TPSA) is 41.5 Å². The molecule has 0 aromatic heterocycles. The molecule has 7 heteroatoms. The lowest BCUT2D eigenvalue weighted by molar-refractivity contribution is -0.118. The van der Waals surface area contributed by atoms with E-state index >= 15 is 0 Å². The molecule has 0 unspecified atom stereocenters. The van der Waals surface area contributed by atoms with Gasteiger partial charge in [-0.2, -0.15) is 5.10 Å². The van der Waals surface area contributed by atoms with Crippen molar-refractivity contribution >= 4 is 62.5 Å². The minimum atomic E-state index is -0.169. The molecule has 0 aliphatic carbocycles. The van der Waals surface area contributed by atoms with Crippen LogP contribution in [0.5, 0.6) is 0 Å². The SMILES string of the molecule is C/C(=N/NC(=O)CSCc1c(Cl)cccc1Cl)c1cccc(Br)c1. The fourth-order valence-electron chi connectivity index (χ4n) is 1.87. The minimum absolute atomic E-state index is 0.169. The molecule has 2 rings (SSSR count). The molecule has 0 aliphatic heterocycles. The molecule has 2 aromatic rings. The van der Waals surface area contributed by atoms with Gasteiger partial charge in [-0.05, 0) is 42.3 Å². The maximum atomic E-state index is 11.9. The second kappa shape index (κ2) is 9.47. The molecule has 0 atom stereocenters. The molecule has 1 amide bonds. The lowest BCUT2D eigenvalue weighted by Gasteiger charge is -2.06. The van der Waals surface area contributed by atoms with E-state index in [0.29, 0.717) is 15.8 Å². The fraction of sp³-hybridized carbons (Fsp3) is 0.176. The van der Waals surface area contributed by atoms with E-state index in [1.54, 1.807) is 18.2 Å². The third-order valence-electron chi connectivity index (χ3n) is 3.13. The molecule has 0 radical (unpaired) electrons. The van der Waals surface area contributed by atoms with Crippen molar-refractivity contribution in [3.05, 3.63) is 68.1 Å². The average Bonchev–Trinajstić information content (AvgIpc) is 2.55. The Balaban J connectivity index is 1.84. The van der Waals surface area contributed by atoms with Gasteiger partial charge in [0.1, 0.15) is 0 Å². The number of carbonyl (C=O) groups excluding carboxylic acids is 1. The predicted octanol–water partition coefficient (Wildman–Crippen LogP) is 5.53. The van der Waals surface area contributed by atoms with Crippen LogP contribution in [0.15, 0.2) is 52.0 Å². The number of hydrogen-bond donors (Lipinski definition) is 1. The Kier molecular flexibility index (Phi) is 7.62. The maximum Gasteiger partial charge on any atom is 0.250 e. The van der Waals surface area contributed by atoms with Gasteiger partial charge in [0.25, 0.3) is 0 Å². The van der Waals surface area contributed by atoms with Crippen molar-refractivity contribution in [3.63, 3.8) is 0 Å². The van der Waals surface area contributed by atoms with Gasteiger partial charge in [-0.1, -0.05) is 57.3 Å². The number of hydrazone groups is 1. The van der Waals surface area contributed by atoms with Crippen LogP contribution >= 0.6 is 50.9 Å². The summed E-state index contributed by atoms with van der Waals surface area (Å²) in [6.07, 6.45) is 0. The number of nitrogens with zero attached hydrogens (tertiary/aromatic N) is 1. The van der Waals surface area contributed by atoms with E-state index in [-0.39, 0.29) is 11.7 Å². The third-order valence-corrected chi connectivity index (χ3v) is 5.29. The van der Waals surface area contributed by atoms with Crippen LogP contribution in [0.25, 0.3) is 0 Å². The first-order valence-corrected chi connectivity index (χ1v) is 9.77. The molecule has 0 saturated carbocycles. The molecule has 0 aliphatic rings. The van der Waals surface area contributed by atoms with Crippen LogP contribution in [-0.2, 0) is 10.5 Å². The molecule has 24 heavy (non-hydrogen) atoms. The summed E-state index contributed by atoms with van der Waals surface area (Å²) in [7, 11) is 0. The van der Waals surface area contributed by atoms with Crippen molar-refractivity contribution < 1.29 is 4.79 Å². The van der Waals surface area contributed by atoms with Crippen molar-refractivity contribution in [2.24, 2.45) is 5.10 Å². The molecule has 0 bridgehead atoms. The molecule has 2 aromatic carbocycles. The van der Waals surface area contributed by atoms with E-state index in [9.17, 15) is 4.79 Å². The summed E-state index contributed by atoms with van der Waals surface area (Å²) in [5, 5.41) is 5.35. The standard InChI is InChI=1S/C17H15BrCl2N2OS/c1-11(12-4-2-5-13(18)8-12)21-22-17(23)10-24-9-14-15(19)6-3-7-16(14)20/h2-8H,9-10H2,1H3,(H,22,23)/b21-11-. The van der Waals surface area contributed by atoms with Gasteiger partial charge in [-0.15, -0.1) is 11.8 Å². The van der Waals surface area contributed by atoms with Crippen molar-refractivity contribution in [1.82, 2.24) is 5.43 Å². The highest BCUT2D eigenvalue weighted by Crippen LogP contribution is 2.28. The first-order chi connectivity index (χ1) is 11.5. The van der Waals surface area contributed by atoms with Gasteiger partial charge in [0, 0.05) is 20.3 Å². The van der Waals surface area contributed by atoms with Crippen molar-refractivity contribution in [2.45, 2.75) is 12.7 Å². The number of thioether (sulfide) groups is 1. The van der Waals surface area contributed by atoms with Gasteiger partial charge in [0.2, 0.25) is 5.91 Å². The Hall–Kier alpha value is -1.01. The number of rotatable bonds is 6. The zero-order valence-corrected chi connectivity index (χ0v) is 16.8. The summed E-state index contributed by atoms with van der Waals surface area (Å²) >= 11 is 17.1. The summed E-state index contributed by atoms with van der Waals surface area (Å²) in [5.41, 5.74) is 5.09. The van der Waals surface area contributed by atoms with Crippen molar-refractivity contribution in [2.75, 3.05) is 5.75 Å². The quantitative estimate of drug-likeness (QED) is 0.469. The van der Waals surface area contributed by atoms with Gasteiger partial charge in [0.05, 0.1) is 11.5 Å². The second-order valence-electron chi connectivity index (χ2n) is 4.94. The van der Waals surface area contributed by atoms with Crippen molar-refractivity contribution in [3.8, 4) is 0 Å². The largest absolute Gasteiger partial charge is 0.272 e. The minimum Gasteiger partial charge on any atom is -0.272 e. The fourth-order valence-corrected chi connectivity index (χ4v) is 3.83. The van der Waals surface area contributed by atoms with Gasteiger partial charge >= 0.3 is 0 Å². The van der Waals surface area contributed by atoms with E-state index in [0.717, 1.165) is 21.3 Å². The molecule has 0 fully saturated rings. The van der Waals surface area contributed by atoms with Gasteiger partial charge in [0.15, 0.2) is 0 Å². The van der Waals surface area contributed by atoms with Crippen LogP contribution in [0.2, 0.25) is 10.0 Å². The van der Waals surface area contributed by atoms with E-state index in [1.807, 2.05) is 31.2 Å². The normalized spacial score (nSPS) is 11.4. The van der Waals surface area contributed by atoms with Crippen molar-refractivity contribution in [1.29, 1.82) is 0 Å². The molecule has 3 nitrogen and oxygen atoms in total. The van der Waals surface area contributed by atoms with E-state index < -0.39 is 0 Å². The Morgan fingerprint density at radius 1 is 1.21 bits per heavy atom. The Morgan fingerprint density at radius 2 is 1.88 bits per heavy atom. The molecular weight excluding hydrogens is 431 g/mol. The summed E-state index contributed by atoms with van der Waals surface area (Å²) in [5.74, 6) is 0.675. The monoisotopic (exact) mass is 444 g/mol. The van der Waals surface area contributed by atoms with Gasteiger partial charge in [-0.25, -0.2) is 5.43 Å². The summed E-state index contributed by atoms with van der Waals surface area (Å²) in [4.78, 5) is 11.9. The van der Waals surface area contributed by atoms with E-state index in [4.69, 9.17) is 23.2 Å². The first-order valence-electron chi connectivity index (χ1n) is 7.07. The summed E-state index contributed by atoms with van der Waals surface area (Å²) < 4.78 is 0.966. The van der Waals surface area contributed by atoms with Crippen LogP contribution in [0, 0.1) is 0 Å². The molecule has 0 heterocycles. The molecule has 0 spiro atoms. The number of carbonyl (C=O) groups is 1. The predicted molar refractivity (Wildman–Crippen MR) is 107 cm³/mol. The smallest absolute Gasteiger partial charge is 0.250 e. The first kappa shape index (κ1) is 19.3. The van der Waals surface area contributed by atoms with Crippen LogP contribution in [0.4, 0.5) is 0 Å². The second-order valence-corrected chi connectivity index (χ2v) is 7.65. The molecular formula is C17H15BrCl2N2OS. The Bertz CT molecular complexity index is 748. The zero-order chi connectivity index (χ0) is 17.5. The highest BCUT2D eigenvalue weighted by Gasteiger charge is 2.07. The van der Waals surface area contributed by atoms with Crippen LogP contribution < -0.4 is 5.43 Å². The molecule has 1 N–H and O–H groups in total. The zero-order valence-electron chi connectivity index (χ0n) is 12.9. The van der Waals surface area contributed by atoms with Gasteiger partial charge in [-0.3, -0.25) is 4.79 Å². The number of amides is 1. The summed E-state index contributed by atoms with van der Waals surface area (Å²) in [6.45, 7) is 1.85. The Morgan fingerprint density at radius 3 is 2.54 bits per heavy atom. The van der Waals surface area contributed by atoms with Gasteiger partial charge < -0.3 is 0 Å². The van der Waals surface area contributed by atoms with E-state index in [1.165, 1.54) is 11.8 Å². The highest BCUT2D eigenvalue weighted by atomic mass is 79.9. The van der Waals surface area contributed by atoms with E-state index in [2.05, 4.69) is 26.5 Å². The summed E-state index contributed by atoms with van der Waals surface area (Å²) in [6, 6.07) is 13.1. The lowest BCUT2D eigenvalue weighted by Crippen LogP contribution is -2.21. The van der Waals surface area contributed by atoms with Crippen LogP contribution in [0.1, 0.15) is 18.1 Å². The number of halogens is 3. The van der Waals surface area contributed by atoms with Crippen LogP contribution in [-0.4, -0.2) is 17.4 Å². The Labute approximate surface area is 163 Å². The third kappa shape index (κ3) is 5.81. The molecule has 126 valence electrons. The van der Waals surface area contributed by atoms with Crippen LogP contribution in [0.3, 0.4) is 0 Å². The number of nitrogens with one attached hydrogen (secondary N) is 1. The average molecular weight is 446 g/mol. The molecule has 0 saturated heterocycles. The maximum absolute atomic E-state index is 11.9. The highest BCUT2D eigenvalue weighted by molar-refractivity contribution is 9.10.